The van der Waals surface area contributed by atoms with Crippen LogP contribution in [0.2, 0.25) is 0 Å². The fraction of sp³-hybridized carbons (Fsp3) is 0.579. The number of amides is 2. The Bertz CT molecular complexity index is 608. The Kier molecular flexibility index (Phi) is 6.47. The van der Waals surface area contributed by atoms with Gasteiger partial charge in [0, 0.05) is 38.0 Å². The third-order valence-corrected chi connectivity index (χ3v) is 5.23. The van der Waals surface area contributed by atoms with E-state index in [0.717, 1.165) is 6.42 Å². The molecule has 1 unspecified atom stereocenters. The zero-order valence-electron chi connectivity index (χ0n) is 14.9. The molecule has 0 aromatic heterocycles. The van der Waals surface area contributed by atoms with Gasteiger partial charge in [0.1, 0.15) is 6.04 Å². The number of likely N-dealkylation sites (tertiary alicyclic amines) is 2. The topological polar surface area (TPSA) is 66.6 Å². The van der Waals surface area contributed by atoms with Crippen LogP contribution in [0.1, 0.15) is 38.2 Å². The molecule has 2 heterocycles. The maximum absolute atomic E-state index is 13.1. The second kappa shape index (κ2) is 8.19. The summed E-state index contributed by atoms with van der Waals surface area (Å²) in [5.41, 5.74) is 7.50. The van der Waals surface area contributed by atoms with Gasteiger partial charge in [0.05, 0.1) is 0 Å². The van der Waals surface area contributed by atoms with Crippen LogP contribution in [0.15, 0.2) is 30.3 Å². The monoisotopic (exact) mass is 365 g/mol. The first-order valence-corrected chi connectivity index (χ1v) is 8.88. The summed E-state index contributed by atoms with van der Waals surface area (Å²) in [4.78, 5) is 28.9. The maximum Gasteiger partial charge on any atom is 0.245 e. The minimum absolute atomic E-state index is 0. The van der Waals surface area contributed by atoms with E-state index in [-0.39, 0.29) is 48.1 Å². The van der Waals surface area contributed by atoms with Gasteiger partial charge in [0.25, 0.3) is 0 Å². The Hall–Kier alpha value is -1.59. The van der Waals surface area contributed by atoms with E-state index in [1.54, 1.807) is 4.90 Å². The Labute approximate surface area is 155 Å². The minimum atomic E-state index is -0.360. The predicted octanol–water partition coefficient (Wildman–Crippen LogP) is 2.01. The van der Waals surface area contributed by atoms with Gasteiger partial charge in [-0.05, 0) is 17.9 Å². The van der Waals surface area contributed by atoms with E-state index in [9.17, 15) is 9.59 Å². The van der Waals surface area contributed by atoms with Crippen LogP contribution in [0.5, 0.6) is 0 Å². The minimum Gasteiger partial charge on any atom is -0.339 e. The number of nitrogens with two attached hydrogens (primary N) is 1. The molecule has 2 saturated heterocycles. The molecular weight excluding hydrogens is 338 g/mol. The fourth-order valence-electron chi connectivity index (χ4n) is 3.99. The molecule has 2 fully saturated rings. The molecule has 2 amide bonds. The van der Waals surface area contributed by atoms with Crippen LogP contribution in [0.25, 0.3) is 0 Å². The molecule has 2 aliphatic heterocycles. The smallest absolute Gasteiger partial charge is 0.245 e. The molecule has 0 bridgehead atoms. The molecule has 6 heteroatoms. The van der Waals surface area contributed by atoms with Crippen LogP contribution in [0.4, 0.5) is 0 Å². The lowest BCUT2D eigenvalue weighted by molar-refractivity contribution is -0.144. The van der Waals surface area contributed by atoms with Gasteiger partial charge < -0.3 is 15.5 Å². The molecule has 1 aromatic rings. The van der Waals surface area contributed by atoms with Crippen LogP contribution in [0.3, 0.4) is 0 Å². The van der Waals surface area contributed by atoms with Crippen molar-refractivity contribution in [2.24, 2.45) is 11.7 Å². The van der Waals surface area contributed by atoms with Crippen LogP contribution in [-0.4, -0.2) is 53.3 Å². The highest BCUT2D eigenvalue weighted by molar-refractivity contribution is 5.89. The molecule has 1 aromatic carbocycles. The van der Waals surface area contributed by atoms with Crippen LogP contribution < -0.4 is 5.73 Å². The normalized spacial score (nSPS) is 24.6. The third-order valence-electron chi connectivity index (χ3n) is 5.23. The van der Waals surface area contributed by atoms with Gasteiger partial charge in [-0.2, -0.15) is 0 Å². The van der Waals surface area contributed by atoms with Gasteiger partial charge in [-0.3, -0.25) is 9.59 Å². The number of carbonyl (C=O) groups is 2. The van der Waals surface area contributed by atoms with Gasteiger partial charge >= 0.3 is 0 Å². The number of halogens is 1. The van der Waals surface area contributed by atoms with Crippen molar-refractivity contribution in [3.05, 3.63) is 35.9 Å². The van der Waals surface area contributed by atoms with Crippen molar-refractivity contribution < 1.29 is 9.59 Å². The highest BCUT2D eigenvalue weighted by atomic mass is 35.5. The number of benzene rings is 1. The lowest BCUT2D eigenvalue weighted by atomic mass is 9.95. The molecule has 3 atom stereocenters. The highest BCUT2D eigenvalue weighted by Gasteiger charge is 2.41. The fourth-order valence-corrected chi connectivity index (χ4v) is 3.99. The van der Waals surface area contributed by atoms with Crippen molar-refractivity contribution in [2.75, 3.05) is 19.6 Å². The average Bonchev–Trinajstić information content (AvgIpc) is 3.14. The van der Waals surface area contributed by atoms with E-state index < -0.39 is 0 Å². The number of hydrogen-bond donors (Lipinski definition) is 1. The molecule has 3 rings (SSSR count). The van der Waals surface area contributed by atoms with E-state index in [1.165, 1.54) is 5.56 Å². The average molecular weight is 366 g/mol. The zero-order valence-corrected chi connectivity index (χ0v) is 15.7. The summed E-state index contributed by atoms with van der Waals surface area (Å²) in [7, 11) is 0. The molecule has 0 radical (unpaired) electrons. The van der Waals surface area contributed by atoms with Crippen molar-refractivity contribution in [1.29, 1.82) is 0 Å². The molecule has 138 valence electrons. The first-order chi connectivity index (χ1) is 11.5. The lowest BCUT2D eigenvalue weighted by Gasteiger charge is -2.33. The van der Waals surface area contributed by atoms with Gasteiger partial charge in [0.2, 0.25) is 11.8 Å². The van der Waals surface area contributed by atoms with Crippen molar-refractivity contribution in [3.63, 3.8) is 0 Å². The van der Waals surface area contributed by atoms with Gasteiger partial charge in [-0.25, -0.2) is 0 Å². The summed E-state index contributed by atoms with van der Waals surface area (Å²) in [6.07, 6.45) is 1.41. The standard InChI is InChI=1S/C19H27N3O2.ClH/c1-13(2)18(22-10-6-9-17(22)23)19(24)21-11-15(16(20)12-21)14-7-4-3-5-8-14;/h3-5,7-8,13,15-16,18H,6,9-12,20H2,1-2H3;1H/t15-,16+,18?;/m0./s1. The summed E-state index contributed by atoms with van der Waals surface area (Å²) < 4.78 is 0. The molecule has 2 N–H and O–H groups in total. The van der Waals surface area contributed by atoms with Gasteiger partial charge in [-0.15, -0.1) is 12.4 Å². The summed E-state index contributed by atoms with van der Waals surface area (Å²) in [6, 6.07) is 9.73. The van der Waals surface area contributed by atoms with Crippen LogP contribution in [-0.2, 0) is 9.59 Å². The summed E-state index contributed by atoms with van der Waals surface area (Å²) >= 11 is 0. The molecule has 0 saturated carbocycles. The Morgan fingerprint density at radius 3 is 2.44 bits per heavy atom. The van der Waals surface area contributed by atoms with Crippen LogP contribution >= 0.6 is 12.4 Å². The first-order valence-electron chi connectivity index (χ1n) is 8.88. The van der Waals surface area contributed by atoms with Crippen molar-refractivity contribution >= 4 is 24.2 Å². The zero-order chi connectivity index (χ0) is 17.3. The van der Waals surface area contributed by atoms with E-state index in [2.05, 4.69) is 12.1 Å². The molecule has 2 aliphatic rings. The second-order valence-corrected chi connectivity index (χ2v) is 7.30. The quantitative estimate of drug-likeness (QED) is 0.887. The second-order valence-electron chi connectivity index (χ2n) is 7.30. The van der Waals surface area contributed by atoms with Gasteiger partial charge in [-0.1, -0.05) is 44.2 Å². The Morgan fingerprint density at radius 2 is 1.88 bits per heavy atom. The molecular formula is C19H28ClN3O2. The summed E-state index contributed by atoms with van der Waals surface area (Å²) in [5, 5.41) is 0. The van der Waals surface area contributed by atoms with E-state index in [1.807, 2.05) is 36.9 Å². The van der Waals surface area contributed by atoms with Gasteiger partial charge in [0.15, 0.2) is 0 Å². The van der Waals surface area contributed by atoms with Crippen molar-refractivity contribution in [2.45, 2.75) is 44.7 Å². The van der Waals surface area contributed by atoms with E-state index in [4.69, 9.17) is 5.73 Å². The number of carbonyl (C=O) groups excluding carboxylic acids is 2. The number of rotatable bonds is 4. The molecule has 25 heavy (non-hydrogen) atoms. The molecule has 0 aliphatic carbocycles. The maximum atomic E-state index is 13.1. The third kappa shape index (κ3) is 3.98. The Morgan fingerprint density at radius 1 is 1.20 bits per heavy atom. The lowest BCUT2D eigenvalue weighted by Crippen LogP contribution is -2.51. The van der Waals surface area contributed by atoms with E-state index >= 15 is 0 Å². The van der Waals surface area contributed by atoms with Crippen molar-refractivity contribution in [3.8, 4) is 0 Å². The molecule has 0 spiro atoms. The highest BCUT2D eigenvalue weighted by Crippen LogP contribution is 2.29. The number of nitrogens with zero attached hydrogens (tertiary/aromatic N) is 2. The summed E-state index contributed by atoms with van der Waals surface area (Å²) in [6.45, 7) is 5.91. The molecule has 5 nitrogen and oxygen atoms in total. The first kappa shape index (κ1) is 19.7. The largest absolute Gasteiger partial charge is 0.339 e. The SMILES string of the molecule is CC(C)C(C(=O)N1C[C@@H](N)[C@H](c2ccccc2)C1)N1CCCC1=O.Cl. The predicted molar refractivity (Wildman–Crippen MR) is 101 cm³/mol. The number of hydrogen-bond acceptors (Lipinski definition) is 3. The van der Waals surface area contributed by atoms with Crippen molar-refractivity contribution in [1.82, 2.24) is 9.80 Å². The summed E-state index contributed by atoms with van der Waals surface area (Å²) in [5.74, 6) is 0.420. The van der Waals surface area contributed by atoms with E-state index in [0.29, 0.717) is 26.1 Å². The van der Waals surface area contributed by atoms with Crippen LogP contribution in [0, 0.1) is 5.92 Å². The Balaban J connectivity index is 0.00000225.